The highest BCUT2D eigenvalue weighted by Crippen LogP contribution is 2.20. The van der Waals surface area contributed by atoms with Gasteiger partial charge in [0.2, 0.25) is 0 Å². The molecule has 1 aromatic rings. The molecule has 1 rings (SSSR count). The quantitative estimate of drug-likeness (QED) is 0.771. The van der Waals surface area contributed by atoms with E-state index in [1.165, 1.54) is 0 Å². The van der Waals surface area contributed by atoms with Crippen LogP contribution in [0.5, 0.6) is 0 Å². The van der Waals surface area contributed by atoms with Crippen LogP contribution in [0.15, 0.2) is 12.3 Å². The number of nitrogens with zero attached hydrogens (tertiary/aromatic N) is 2. The largest absolute Gasteiger partial charge is 0.385 e. The van der Waals surface area contributed by atoms with E-state index in [1.807, 2.05) is 32.0 Å². The Labute approximate surface area is 91.8 Å². The highest BCUT2D eigenvalue weighted by atomic mass is 16.1. The van der Waals surface area contributed by atoms with Crippen molar-refractivity contribution in [3.63, 3.8) is 0 Å². The highest BCUT2D eigenvalue weighted by Gasteiger charge is 2.09. The molecule has 1 N–H and O–H groups in total. The Morgan fingerprint density at radius 3 is 2.73 bits per heavy atom. The highest BCUT2D eigenvalue weighted by molar-refractivity contribution is 5.99. The summed E-state index contributed by atoms with van der Waals surface area (Å²) in [5, 5.41) is 3.17. The average Bonchev–Trinajstić information content (AvgIpc) is 2.17. The Balaban J connectivity index is 0.00000225. The maximum Gasteiger partial charge on any atom is 0.163 e. The van der Waals surface area contributed by atoms with Gasteiger partial charge in [0.05, 0.1) is 11.3 Å². The fraction of sp³-hybridized carbons (Fsp3) is 0.455. The first-order valence-electron chi connectivity index (χ1n) is 4.98. The zero-order chi connectivity index (χ0) is 11.4. The van der Waals surface area contributed by atoms with Gasteiger partial charge in [-0.25, -0.2) is 4.98 Å². The molecule has 0 aliphatic rings. The van der Waals surface area contributed by atoms with Crippen LogP contribution in [0.1, 0.15) is 25.6 Å². The lowest BCUT2D eigenvalue weighted by Gasteiger charge is -2.15. The molecule has 0 amide bonds. The van der Waals surface area contributed by atoms with E-state index >= 15 is 0 Å². The van der Waals surface area contributed by atoms with Crippen molar-refractivity contribution in [1.29, 1.82) is 0 Å². The molecule has 1 heterocycles. The number of hydrogen-bond donors (Lipinski definition) is 1. The van der Waals surface area contributed by atoms with Crippen molar-refractivity contribution in [2.75, 3.05) is 30.9 Å². The molecule has 0 atom stereocenters. The van der Waals surface area contributed by atoms with Crippen LogP contribution in [0.3, 0.4) is 0 Å². The van der Waals surface area contributed by atoms with E-state index in [2.05, 4.69) is 10.3 Å². The lowest BCUT2D eigenvalue weighted by atomic mass is 10.1. The first-order chi connectivity index (χ1) is 7.06. The zero-order valence-corrected chi connectivity index (χ0v) is 9.66. The molecule has 0 saturated carbocycles. The summed E-state index contributed by atoms with van der Waals surface area (Å²) in [5.74, 6) is 0.875. The summed E-state index contributed by atoms with van der Waals surface area (Å²) in [7, 11) is 3.84. The number of pyridine rings is 1. The van der Waals surface area contributed by atoms with Gasteiger partial charge in [-0.05, 0) is 13.8 Å². The van der Waals surface area contributed by atoms with Crippen LogP contribution >= 0.6 is 0 Å². The fourth-order valence-electron chi connectivity index (χ4n) is 1.31. The predicted octanol–water partition coefficient (Wildman–Crippen LogP) is 2.03. The fourth-order valence-corrected chi connectivity index (χ4v) is 1.31. The molecule has 0 radical (unpaired) electrons. The molecular formula is C11H19N3O. The van der Waals surface area contributed by atoms with Gasteiger partial charge in [-0.1, -0.05) is 0 Å². The molecule has 1 aromatic heterocycles. The number of anilines is 2. The number of Topliss-reactive ketones (excluding diaryl/α,β-unsaturated/α-hetero) is 1. The molecule has 0 spiro atoms. The van der Waals surface area contributed by atoms with E-state index in [0.29, 0.717) is 5.56 Å². The van der Waals surface area contributed by atoms with Crippen LogP contribution in [-0.2, 0) is 0 Å². The SMILES string of the molecule is CCNc1cc(N(C)C)ncc1C(C)=O.[HH]. The van der Waals surface area contributed by atoms with E-state index in [9.17, 15) is 4.79 Å². The summed E-state index contributed by atoms with van der Waals surface area (Å²) in [4.78, 5) is 17.4. The third kappa shape index (κ3) is 2.68. The molecule has 4 heteroatoms. The standard InChI is InChI=1S/C11H17N3O.H2/c1-5-12-10-6-11(14(3)4)13-7-9(10)8(2)15;/h6-7H,5H2,1-4H3,(H,12,13);1H. The van der Waals surface area contributed by atoms with Crippen molar-refractivity contribution in [1.82, 2.24) is 4.98 Å². The molecule has 4 nitrogen and oxygen atoms in total. The number of hydrogen-bond acceptors (Lipinski definition) is 4. The second-order valence-corrected chi connectivity index (χ2v) is 3.57. The number of rotatable bonds is 4. The van der Waals surface area contributed by atoms with Crippen molar-refractivity contribution in [3.05, 3.63) is 17.8 Å². The molecule has 0 bridgehead atoms. The van der Waals surface area contributed by atoms with Gasteiger partial charge >= 0.3 is 0 Å². The third-order valence-electron chi connectivity index (χ3n) is 2.09. The number of ketones is 1. The lowest BCUT2D eigenvalue weighted by Crippen LogP contribution is -2.13. The van der Waals surface area contributed by atoms with E-state index in [4.69, 9.17) is 0 Å². The normalized spacial score (nSPS) is 9.87. The molecule has 0 saturated heterocycles. The number of carbonyl (C=O) groups is 1. The molecular weight excluding hydrogens is 190 g/mol. The smallest absolute Gasteiger partial charge is 0.163 e. The Kier molecular flexibility index (Phi) is 3.66. The Bertz CT molecular complexity index is 366. The number of nitrogens with one attached hydrogen (secondary N) is 1. The van der Waals surface area contributed by atoms with Gasteiger partial charge in [0.25, 0.3) is 0 Å². The van der Waals surface area contributed by atoms with Gasteiger partial charge in [0.15, 0.2) is 5.78 Å². The van der Waals surface area contributed by atoms with E-state index in [0.717, 1.165) is 18.1 Å². The van der Waals surface area contributed by atoms with E-state index in [1.54, 1.807) is 13.1 Å². The maximum absolute atomic E-state index is 11.3. The summed E-state index contributed by atoms with van der Waals surface area (Å²) in [5.41, 5.74) is 1.49. The molecule has 15 heavy (non-hydrogen) atoms. The minimum absolute atomic E-state index is 0. The second kappa shape index (κ2) is 4.77. The number of carbonyl (C=O) groups excluding carboxylic acids is 1. The molecule has 84 valence electrons. The van der Waals surface area contributed by atoms with E-state index < -0.39 is 0 Å². The van der Waals surface area contributed by atoms with Gasteiger partial charge in [-0.15, -0.1) is 0 Å². The molecule has 0 aliphatic carbocycles. The van der Waals surface area contributed by atoms with Crippen LogP contribution in [0.25, 0.3) is 0 Å². The third-order valence-corrected chi connectivity index (χ3v) is 2.09. The average molecular weight is 209 g/mol. The topological polar surface area (TPSA) is 45.2 Å². The lowest BCUT2D eigenvalue weighted by molar-refractivity contribution is 0.101. The van der Waals surface area contributed by atoms with Crippen LogP contribution in [0, 0.1) is 0 Å². The number of aromatic nitrogens is 1. The summed E-state index contributed by atoms with van der Waals surface area (Å²) in [6.45, 7) is 4.34. The summed E-state index contributed by atoms with van der Waals surface area (Å²) in [6.07, 6.45) is 1.62. The summed E-state index contributed by atoms with van der Waals surface area (Å²) < 4.78 is 0. The van der Waals surface area contributed by atoms with Crippen molar-refractivity contribution < 1.29 is 6.22 Å². The molecule has 0 unspecified atom stereocenters. The molecule has 0 fully saturated rings. The summed E-state index contributed by atoms with van der Waals surface area (Å²) in [6, 6.07) is 1.89. The van der Waals surface area contributed by atoms with Crippen LogP contribution in [0.4, 0.5) is 11.5 Å². The van der Waals surface area contributed by atoms with Crippen LogP contribution in [0.2, 0.25) is 0 Å². The van der Waals surface area contributed by atoms with Gasteiger partial charge in [0.1, 0.15) is 5.82 Å². The first kappa shape index (κ1) is 11.5. The molecule has 0 aromatic carbocycles. The summed E-state index contributed by atoms with van der Waals surface area (Å²) >= 11 is 0. The van der Waals surface area contributed by atoms with Gasteiger partial charge < -0.3 is 10.2 Å². The van der Waals surface area contributed by atoms with Crippen molar-refractivity contribution in [3.8, 4) is 0 Å². The zero-order valence-electron chi connectivity index (χ0n) is 9.66. The Hall–Kier alpha value is -1.58. The predicted molar refractivity (Wildman–Crippen MR) is 64.8 cm³/mol. The van der Waals surface area contributed by atoms with E-state index in [-0.39, 0.29) is 7.21 Å². The maximum atomic E-state index is 11.3. The van der Waals surface area contributed by atoms with Crippen molar-refractivity contribution in [2.24, 2.45) is 0 Å². The first-order valence-corrected chi connectivity index (χ1v) is 4.98. The van der Waals surface area contributed by atoms with Gasteiger partial charge in [-0.3, -0.25) is 4.79 Å². The monoisotopic (exact) mass is 209 g/mol. The van der Waals surface area contributed by atoms with Gasteiger partial charge in [0, 0.05) is 34.3 Å². The second-order valence-electron chi connectivity index (χ2n) is 3.57. The van der Waals surface area contributed by atoms with Gasteiger partial charge in [-0.2, -0.15) is 0 Å². The minimum atomic E-state index is 0. The molecule has 0 aliphatic heterocycles. The minimum Gasteiger partial charge on any atom is -0.385 e. The van der Waals surface area contributed by atoms with Crippen LogP contribution < -0.4 is 10.2 Å². The van der Waals surface area contributed by atoms with Crippen molar-refractivity contribution in [2.45, 2.75) is 13.8 Å². The van der Waals surface area contributed by atoms with Crippen molar-refractivity contribution >= 4 is 17.3 Å². The van der Waals surface area contributed by atoms with Crippen LogP contribution in [-0.4, -0.2) is 31.4 Å². The Morgan fingerprint density at radius 1 is 1.60 bits per heavy atom. The Morgan fingerprint density at radius 2 is 2.27 bits per heavy atom.